The van der Waals surface area contributed by atoms with Gasteiger partial charge in [-0.05, 0) is 64.2 Å². The van der Waals surface area contributed by atoms with Gasteiger partial charge in [0.15, 0.2) is 0 Å². The summed E-state index contributed by atoms with van der Waals surface area (Å²) < 4.78 is 23.5. The van der Waals surface area contributed by atoms with E-state index in [1.165, 1.54) is 12.0 Å². The van der Waals surface area contributed by atoms with Crippen molar-refractivity contribution in [2.24, 2.45) is 5.92 Å². The molecule has 1 saturated carbocycles. The van der Waals surface area contributed by atoms with Crippen LogP contribution in [0.15, 0.2) is 30.3 Å². The van der Waals surface area contributed by atoms with Gasteiger partial charge in [-0.1, -0.05) is 30.3 Å². The quantitative estimate of drug-likeness (QED) is 0.620. The second-order valence-electron chi connectivity index (χ2n) is 7.42. The number of likely N-dealkylation sites (tertiary alicyclic amines) is 1. The molecule has 1 aliphatic heterocycles. The summed E-state index contributed by atoms with van der Waals surface area (Å²) in [6.45, 7) is 7.64. The van der Waals surface area contributed by atoms with E-state index in [4.69, 9.17) is 9.05 Å². The summed E-state index contributed by atoms with van der Waals surface area (Å²) in [6.07, 6.45) is 3.98. The average molecular weight is 380 g/mol. The van der Waals surface area contributed by atoms with E-state index < -0.39 is 7.60 Å². The molecule has 0 bridgehead atoms. The Balaban J connectivity index is 1.36. The maximum absolute atomic E-state index is 12.7. The highest BCUT2D eigenvalue weighted by Crippen LogP contribution is 2.49. The van der Waals surface area contributed by atoms with Gasteiger partial charge in [0, 0.05) is 12.0 Å². The summed E-state index contributed by atoms with van der Waals surface area (Å²) in [5.41, 5.74) is 1.46. The molecule has 1 aliphatic carbocycles. The van der Waals surface area contributed by atoms with Crippen LogP contribution in [0.5, 0.6) is 0 Å². The van der Waals surface area contributed by atoms with Gasteiger partial charge < -0.3 is 14.4 Å². The molecule has 26 heavy (non-hydrogen) atoms. The zero-order valence-electron chi connectivity index (χ0n) is 16.1. The number of benzene rings is 1. The zero-order chi connectivity index (χ0) is 18.4. The molecule has 0 spiro atoms. The van der Waals surface area contributed by atoms with Crippen molar-refractivity contribution in [3.8, 4) is 0 Å². The number of hydrogen-bond acceptors (Lipinski definition) is 5. The van der Waals surface area contributed by atoms with Crippen LogP contribution in [0.2, 0.25) is 0 Å². The largest absolute Gasteiger partial charge is 0.344 e. The minimum absolute atomic E-state index is 0.424. The molecule has 0 unspecified atom stereocenters. The fourth-order valence-corrected chi connectivity index (χ4v) is 5.69. The predicted molar refractivity (Wildman–Crippen MR) is 106 cm³/mol. The van der Waals surface area contributed by atoms with E-state index in [1.54, 1.807) is 0 Å². The molecule has 1 aromatic carbocycles. The first-order valence-corrected chi connectivity index (χ1v) is 11.7. The van der Waals surface area contributed by atoms with Crippen LogP contribution in [-0.4, -0.2) is 50.1 Å². The third-order valence-electron chi connectivity index (χ3n) is 5.42. The van der Waals surface area contributed by atoms with Gasteiger partial charge in [0.1, 0.15) is 6.29 Å². The lowest BCUT2D eigenvalue weighted by atomic mass is 9.97. The molecule has 1 aromatic rings. The fraction of sp³-hybridized carbons (Fsp3) is 0.700. The van der Waals surface area contributed by atoms with Crippen LogP contribution in [0.4, 0.5) is 0 Å². The van der Waals surface area contributed by atoms with Crippen molar-refractivity contribution >= 4 is 7.60 Å². The van der Waals surface area contributed by atoms with Gasteiger partial charge >= 0.3 is 7.60 Å². The summed E-state index contributed by atoms with van der Waals surface area (Å²) in [4.78, 5) is 2.24. The van der Waals surface area contributed by atoms with Crippen LogP contribution in [0.1, 0.15) is 44.6 Å². The minimum Gasteiger partial charge on any atom is -0.313 e. The number of hydrogen-bond donors (Lipinski definition) is 1. The van der Waals surface area contributed by atoms with E-state index in [0.717, 1.165) is 32.5 Å². The van der Waals surface area contributed by atoms with E-state index in [1.807, 2.05) is 13.8 Å². The van der Waals surface area contributed by atoms with Crippen LogP contribution in [0, 0.1) is 5.92 Å². The Bertz CT molecular complexity index is 580. The summed E-state index contributed by atoms with van der Waals surface area (Å²) in [6, 6.07) is 11.5. The van der Waals surface area contributed by atoms with Crippen LogP contribution in [-0.2, 0) is 13.6 Å². The standard InChI is InChI=1S/C20H33N2O3P/c1-3-24-26(23,25-4-2)16-22-12-10-17(11-13-22)15-21-20-14-19(20)18-8-6-5-7-9-18/h5-9,17,19-21H,3-4,10-16H2,1-2H3/t19-,20+/m0/s1. The Hall–Kier alpha value is -0.710. The topological polar surface area (TPSA) is 50.8 Å². The van der Waals surface area contributed by atoms with E-state index >= 15 is 0 Å². The van der Waals surface area contributed by atoms with Crippen molar-refractivity contribution < 1.29 is 13.6 Å². The molecule has 0 amide bonds. The summed E-state index contributed by atoms with van der Waals surface area (Å²) in [7, 11) is -2.96. The van der Waals surface area contributed by atoms with E-state index in [-0.39, 0.29) is 0 Å². The number of rotatable bonds is 10. The highest BCUT2D eigenvalue weighted by atomic mass is 31.2. The lowest BCUT2D eigenvalue weighted by molar-refractivity contribution is 0.166. The van der Waals surface area contributed by atoms with Crippen molar-refractivity contribution in [3.05, 3.63) is 35.9 Å². The van der Waals surface area contributed by atoms with Crippen LogP contribution in [0.25, 0.3) is 0 Å². The Morgan fingerprint density at radius 3 is 2.38 bits per heavy atom. The minimum atomic E-state index is -2.96. The molecule has 0 radical (unpaired) electrons. The van der Waals surface area contributed by atoms with Crippen molar-refractivity contribution in [1.29, 1.82) is 0 Å². The second kappa shape index (κ2) is 9.48. The number of piperidine rings is 1. The Morgan fingerprint density at radius 2 is 1.77 bits per heavy atom. The Labute approximate surface area is 158 Å². The van der Waals surface area contributed by atoms with Crippen molar-refractivity contribution in [3.63, 3.8) is 0 Å². The van der Waals surface area contributed by atoms with E-state index in [9.17, 15) is 4.57 Å². The summed E-state index contributed by atoms with van der Waals surface area (Å²) in [5, 5.41) is 3.76. The molecule has 2 aliphatic rings. The second-order valence-corrected chi connectivity index (χ2v) is 9.44. The first-order chi connectivity index (χ1) is 12.6. The molecular weight excluding hydrogens is 347 g/mol. The van der Waals surface area contributed by atoms with Gasteiger partial charge in [0.25, 0.3) is 0 Å². The zero-order valence-corrected chi connectivity index (χ0v) is 17.0. The van der Waals surface area contributed by atoms with Gasteiger partial charge in [-0.2, -0.15) is 0 Å². The molecule has 1 heterocycles. The number of nitrogens with one attached hydrogen (secondary N) is 1. The average Bonchev–Trinajstić information content (AvgIpc) is 3.42. The van der Waals surface area contributed by atoms with E-state index in [2.05, 4.69) is 40.5 Å². The highest BCUT2D eigenvalue weighted by Gasteiger charge is 2.38. The molecule has 1 saturated heterocycles. The Morgan fingerprint density at radius 1 is 1.12 bits per heavy atom. The van der Waals surface area contributed by atoms with Crippen molar-refractivity contribution in [2.45, 2.75) is 45.1 Å². The highest BCUT2D eigenvalue weighted by molar-refractivity contribution is 7.53. The molecule has 5 nitrogen and oxygen atoms in total. The third-order valence-corrected chi connectivity index (χ3v) is 7.47. The maximum atomic E-state index is 12.7. The van der Waals surface area contributed by atoms with Gasteiger partial charge in [-0.15, -0.1) is 0 Å². The first-order valence-electron chi connectivity index (χ1n) is 10.0. The molecular formula is C20H33N2O3P. The molecule has 3 rings (SSSR count). The smallest absolute Gasteiger partial charge is 0.313 e. The monoisotopic (exact) mass is 380 g/mol. The molecule has 0 aromatic heterocycles. The first kappa shape index (κ1) is 20.0. The molecule has 2 atom stereocenters. The fourth-order valence-electron chi connectivity index (χ4n) is 3.90. The van der Waals surface area contributed by atoms with Crippen molar-refractivity contribution in [1.82, 2.24) is 10.2 Å². The van der Waals surface area contributed by atoms with Gasteiger partial charge in [-0.3, -0.25) is 9.46 Å². The predicted octanol–water partition coefficient (Wildman–Crippen LogP) is 4.07. The molecule has 1 N–H and O–H groups in total. The third kappa shape index (κ3) is 5.64. The summed E-state index contributed by atoms with van der Waals surface area (Å²) in [5.74, 6) is 1.40. The lowest BCUT2D eigenvalue weighted by Crippen LogP contribution is -2.38. The SMILES string of the molecule is CCOP(=O)(CN1CCC(CN[C@@H]2C[C@H]2c2ccccc2)CC1)OCC. The van der Waals surface area contributed by atoms with Gasteiger partial charge in [0.05, 0.1) is 13.2 Å². The van der Waals surface area contributed by atoms with E-state index in [0.29, 0.717) is 37.4 Å². The summed E-state index contributed by atoms with van der Waals surface area (Å²) >= 11 is 0. The normalized spacial score (nSPS) is 24.7. The van der Waals surface area contributed by atoms with Gasteiger partial charge in [-0.25, -0.2) is 0 Å². The van der Waals surface area contributed by atoms with Crippen molar-refractivity contribution in [2.75, 3.05) is 39.1 Å². The van der Waals surface area contributed by atoms with Gasteiger partial charge in [0.2, 0.25) is 0 Å². The molecule has 146 valence electrons. The number of nitrogens with zero attached hydrogens (tertiary/aromatic N) is 1. The maximum Gasteiger partial charge on any atom is 0.344 e. The Kier molecular flexibility index (Phi) is 7.30. The lowest BCUT2D eigenvalue weighted by Gasteiger charge is -2.33. The van der Waals surface area contributed by atoms with Crippen LogP contribution >= 0.6 is 7.60 Å². The molecule has 6 heteroatoms. The molecule has 2 fully saturated rings. The van der Waals surface area contributed by atoms with Crippen LogP contribution < -0.4 is 5.32 Å². The van der Waals surface area contributed by atoms with Crippen LogP contribution in [0.3, 0.4) is 0 Å².